The molecule has 0 unspecified atom stereocenters. The van der Waals surface area contributed by atoms with Crippen LogP contribution < -0.4 is 5.32 Å². The lowest BCUT2D eigenvalue weighted by Gasteiger charge is -2.11. The van der Waals surface area contributed by atoms with Gasteiger partial charge in [-0.05, 0) is 31.0 Å². The summed E-state index contributed by atoms with van der Waals surface area (Å²) in [5.74, 6) is 1.31. The zero-order chi connectivity index (χ0) is 18.4. The topological polar surface area (TPSA) is 29.1 Å². The van der Waals surface area contributed by atoms with Gasteiger partial charge in [-0.3, -0.25) is 4.79 Å². The molecular weight excluding hydrogens is 338 g/mol. The highest BCUT2D eigenvalue weighted by Crippen LogP contribution is 2.27. The van der Waals surface area contributed by atoms with Crippen molar-refractivity contribution in [3.63, 3.8) is 0 Å². The van der Waals surface area contributed by atoms with Gasteiger partial charge in [0.15, 0.2) is 0 Å². The molecule has 0 radical (unpaired) electrons. The molecule has 3 heteroatoms. The molecule has 26 heavy (non-hydrogen) atoms. The van der Waals surface area contributed by atoms with E-state index in [1.165, 1.54) is 16.7 Å². The monoisotopic (exact) mass is 361 g/mol. The number of para-hydroxylation sites is 1. The number of amides is 1. The van der Waals surface area contributed by atoms with E-state index >= 15 is 0 Å². The van der Waals surface area contributed by atoms with Gasteiger partial charge >= 0.3 is 0 Å². The summed E-state index contributed by atoms with van der Waals surface area (Å²) in [6.45, 7) is 4.21. The third kappa shape index (κ3) is 4.99. The van der Waals surface area contributed by atoms with Crippen LogP contribution in [0.2, 0.25) is 0 Å². The van der Waals surface area contributed by atoms with E-state index in [-0.39, 0.29) is 5.91 Å². The number of hydrogen-bond donors (Lipinski definition) is 1. The van der Waals surface area contributed by atoms with E-state index in [2.05, 4.69) is 49.5 Å². The number of anilines is 1. The quantitative estimate of drug-likeness (QED) is 0.597. The minimum absolute atomic E-state index is 0.0303. The minimum atomic E-state index is 0.0303. The van der Waals surface area contributed by atoms with E-state index in [1.54, 1.807) is 11.8 Å². The lowest BCUT2D eigenvalue weighted by atomic mass is 10.0. The number of aryl methyl sites for hydroxylation is 2. The van der Waals surface area contributed by atoms with E-state index in [1.807, 2.05) is 42.5 Å². The van der Waals surface area contributed by atoms with Crippen LogP contribution in [0.1, 0.15) is 16.7 Å². The van der Waals surface area contributed by atoms with Crippen molar-refractivity contribution >= 4 is 23.4 Å². The average molecular weight is 362 g/mol. The Labute approximate surface area is 159 Å². The summed E-state index contributed by atoms with van der Waals surface area (Å²) in [6.07, 6.45) is 0. The lowest BCUT2D eigenvalue weighted by molar-refractivity contribution is -0.113. The van der Waals surface area contributed by atoms with Gasteiger partial charge in [-0.2, -0.15) is 0 Å². The molecule has 0 bridgehead atoms. The van der Waals surface area contributed by atoms with Gasteiger partial charge in [0.1, 0.15) is 0 Å². The van der Waals surface area contributed by atoms with Gasteiger partial charge in [0, 0.05) is 17.0 Å². The molecule has 132 valence electrons. The molecule has 2 nitrogen and oxygen atoms in total. The van der Waals surface area contributed by atoms with E-state index < -0.39 is 0 Å². The van der Waals surface area contributed by atoms with E-state index in [0.717, 1.165) is 22.6 Å². The van der Waals surface area contributed by atoms with Crippen LogP contribution in [-0.4, -0.2) is 11.7 Å². The van der Waals surface area contributed by atoms with Crippen LogP contribution in [-0.2, 0) is 10.5 Å². The van der Waals surface area contributed by atoms with Crippen molar-refractivity contribution < 1.29 is 4.79 Å². The van der Waals surface area contributed by atoms with E-state index in [4.69, 9.17) is 0 Å². The zero-order valence-electron chi connectivity index (χ0n) is 15.2. The van der Waals surface area contributed by atoms with Crippen molar-refractivity contribution in [1.29, 1.82) is 0 Å². The summed E-state index contributed by atoms with van der Waals surface area (Å²) in [5, 5.41) is 3.06. The van der Waals surface area contributed by atoms with Crippen LogP contribution in [0, 0.1) is 13.8 Å². The third-order valence-electron chi connectivity index (χ3n) is 4.07. The van der Waals surface area contributed by atoms with E-state index in [0.29, 0.717) is 5.75 Å². The Bertz CT molecular complexity index is 869. The van der Waals surface area contributed by atoms with Crippen molar-refractivity contribution in [3.05, 3.63) is 89.5 Å². The highest BCUT2D eigenvalue weighted by atomic mass is 32.2. The molecule has 3 aromatic carbocycles. The second-order valence-electron chi connectivity index (χ2n) is 6.45. The molecule has 0 spiro atoms. The summed E-state index contributed by atoms with van der Waals surface area (Å²) in [5.41, 5.74) is 6.80. The molecule has 0 fully saturated rings. The van der Waals surface area contributed by atoms with Crippen LogP contribution in [0.25, 0.3) is 11.1 Å². The predicted octanol–water partition coefficient (Wildman–Crippen LogP) is 5.84. The zero-order valence-corrected chi connectivity index (χ0v) is 16.0. The summed E-state index contributed by atoms with van der Waals surface area (Å²) in [4.78, 5) is 12.4. The summed E-state index contributed by atoms with van der Waals surface area (Å²) in [7, 11) is 0. The summed E-state index contributed by atoms with van der Waals surface area (Å²) < 4.78 is 0. The second-order valence-corrected chi connectivity index (χ2v) is 7.43. The first-order valence-corrected chi connectivity index (χ1v) is 9.86. The molecule has 0 aromatic heterocycles. The van der Waals surface area contributed by atoms with Gasteiger partial charge in [0.05, 0.1) is 5.75 Å². The first-order valence-electron chi connectivity index (χ1n) is 8.71. The van der Waals surface area contributed by atoms with Crippen molar-refractivity contribution in [2.45, 2.75) is 19.6 Å². The molecule has 3 aromatic rings. The number of nitrogens with one attached hydrogen (secondary N) is 1. The molecule has 0 aliphatic rings. The summed E-state index contributed by atoms with van der Waals surface area (Å²) >= 11 is 1.64. The summed E-state index contributed by atoms with van der Waals surface area (Å²) in [6, 6.07) is 24.6. The van der Waals surface area contributed by atoms with Crippen molar-refractivity contribution in [2.24, 2.45) is 0 Å². The molecule has 0 atom stereocenters. The fourth-order valence-electron chi connectivity index (χ4n) is 3.06. The normalized spacial score (nSPS) is 10.5. The highest BCUT2D eigenvalue weighted by molar-refractivity contribution is 7.99. The minimum Gasteiger partial charge on any atom is -0.325 e. The Morgan fingerprint density at radius 3 is 2.27 bits per heavy atom. The van der Waals surface area contributed by atoms with Crippen LogP contribution in [0.15, 0.2) is 72.8 Å². The second kappa shape index (κ2) is 8.72. The van der Waals surface area contributed by atoms with Gasteiger partial charge in [-0.1, -0.05) is 77.9 Å². The first-order chi connectivity index (χ1) is 12.6. The lowest BCUT2D eigenvalue weighted by Crippen LogP contribution is -2.14. The Balaban J connectivity index is 1.60. The largest absolute Gasteiger partial charge is 0.325 e. The molecule has 1 amide bonds. The number of carbonyl (C=O) groups is 1. The molecule has 0 aliphatic carbocycles. The molecule has 0 saturated heterocycles. The number of benzene rings is 3. The van der Waals surface area contributed by atoms with Crippen LogP contribution in [0.4, 0.5) is 5.69 Å². The molecule has 0 heterocycles. The average Bonchev–Trinajstić information content (AvgIpc) is 2.62. The van der Waals surface area contributed by atoms with Crippen molar-refractivity contribution in [1.82, 2.24) is 0 Å². The molecule has 3 rings (SSSR count). The van der Waals surface area contributed by atoms with Crippen molar-refractivity contribution in [3.8, 4) is 11.1 Å². The van der Waals surface area contributed by atoms with Gasteiger partial charge in [-0.15, -0.1) is 11.8 Å². The fourth-order valence-corrected chi connectivity index (χ4v) is 3.82. The number of carbonyl (C=O) groups excluding carboxylic acids is 1. The smallest absolute Gasteiger partial charge is 0.234 e. The molecular formula is C23H23NOS. The standard InChI is InChI=1S/C23H23NOS/c1-17-12-18(2)14-19(13-17)15-26-16-23(25)24-22-11-7-6-10-21(22)20-8-4-3-5-9-20/h3-14H,15-16H2,1-2H3,(H,24,25). The van der Waals surface area contributed by atoms with E-state index in [9.17, 15) is 4.79 Å². The predicted molar refractivity (Wildman–Crippen MR) is 113 cm³/mol. The van der Waals surface area contributed by atoms with Crippen LogP contribution in [0.3, 0.4) is 0 Å². The Kier molecular flexibility index (Phi) is 6.13. The van der Waals surface area contributed by atoms with Gasteiger partial charge < -0.3 is 5.32 Å². The third-order valence-corrected chi connectivity index (χ3v) is 5.07. The molecule has 0 aliphatic heterocycles. The number of thioether (sulfide) groups is 1. The van der Waals surface area contributed by atoms with Gasteiger partial charge in [0.2, 0.25) is 5.91 Å². The maximum absolute atomic E-state index is 12.4. The number of rotatable bonds is 6. The van der Waals surface area contributed by atoms with Gasteiger partial charge in [0.25, 0.3) is 0 Å². The number of hydrogen-bond acceptors (Lipinski definition) is 2. The van der Waals surface area contributed by atoms with Crippen LogP contribution >= 0.6 is 11.8 Å². The Hall–Kier alpha value is -2.52. The Morgan fingerprint density at radius 2 is 1.54 bits per heavy atom. The maximum Gasteiger partial charge on any atom is 0.234 e. The fraction of sp³-hybridized carbons (Fsp3) is 0.174. The molecule has 0 saturated carbocycles. The Morgan fingerprint density at radius 1 is 0.885 bits per heavy atom. The highest BCUT2D eigenvalue weighted by Gasteiger charge is 2.08. The van der Waals surface area contributed by atoms with Gasteiger partial charge in [-0.25, -0.2) is 0 Å². The van der Waals surface area contributed by atoms with Crippen LogP contribution in [0.5, 0.6) is 0 Å². The maximum atomic E-state index is 12.4. The SMILES string of the molecule is Cc1cc(C)cc(CSCC(=O)Nc2ccccc2-c2ccccc2)c1. The van der Waals surface area contributed by atoms with Crippen molar-refractivity contribution in [2.75, 3.05) is 11.1 Å². The first kappa shape index (κ1) is 18.3. The molecule has 1 N–H and O–H groups in total.